The minimum Gasteiger partial charge on any atom is -0.504 e. The predicted molar refractivity (Wildman–Crippen MR) is 120 cm³/mol. The lowest BCUT2D eigenvalue weighted by Gasteiger charge is -2.11. The predicted octanol–water partition coefficient (Wildman–Crippen LogP) is 4.97. The van der Waals surface area contributed by atoms with E-state index in [4.69, 9.17) is 4.74 Å². The molecule has 0 atom stereocenters. The molecule has 1 aliphatic heterocycles. The van der Waals surface area contributed by atoms with E-state index in [1.165, 1.54) is 17.3 Å². The maximum atomic E-state index is 12.4. The molecule has 2 aromatic rings. The van der Waals surface area contributed by atoms with Crippen LogP contribution in [0.1, 0.15) is 30.5 Å². The fourth-order valence-corrected chi connectivity index (χ4v) is 3.75. The minimum absolute atomic E-state index is 0.107. The summed E-state index contributed by atoms with van der Waals surface area (Å²) in [5.41, 5.74) is 3.51. The van der Waals surface area contributed by atoms with Crippen LogP contribution in [0, 0.1) is 0 Å². The van der Waals surface area contributed by atoms with Gasteiger partial charge in [0.25, 0.3) is 5.91 Å². The number of rotatable bonds is 7. The highest BCUT2D eigenvalue weighted by molar-refractivity contribution is 8.18. The summed E-state index contributed by atoms with van der Waals surface area (Å²) in [5.74, 6) is 0.303. The van der Waals surface area contributed by atoms with E-state index in [1.54, 1.807) is 18.2 Å². The molecule has 29 heavy (non-hydrogen) atoms. The Balaban J connectivity index is 1.87. The molecule has 1 aliphatic rings. The van der Waals surface area contributed by atoms with Crippen LogP contribution in [0.15, 0.2) is 59.0 Å². The monoisotopic (exact) mass is 408 g/mol. The maximum Gasteiger partial charge on any atom is 0.264 e. The summed E-state index contributed by atoms with van der Waals surface area (Å²) in [6.07, 6.45) is 4.96. The first-order chi connectivity index (χ1) is 14.0. The Hall–Kier alpha value is -2.99. The van der Waals surface area contributed by atoms with Crippen molar-refractivity contribution in [3.05, 3.63) is 70.6 Å². The lowest BCUT2D eigenvalue weighted by atomic mass is 10.1. The van der Waals surface area contributed by atoms with Gasteiger partial charge in [-0.2, -0.15) is 0 Å². The number of hydrogen-bond acceptors (Lipinski definition) is 5. The van der Waals surface area contributed by atoms with Crippen LogP contribution in [-0.2, 0) is 17.6 Å². The van der Waals surface area contributed by atoms with Gasteiger partial charge < -0.3 is 15.2 Å². The van der Waals surface area contributed by atoms with Gasteiger partial charge in [-0.3, -0.25) is 4.79 Å². The highest BCUT2D eigenvalue weighted by Gasteiger charge is 2.24. The molecule has 0 aromatic heterocycles. The molecular formula is C23H24N2O3S. The van der Waals surface area contributed by atoms with Gasteiger partial charge in [-0.15, -0.1) is 6.58 Å². The molecule has 1 amide bonds. The molecule has 0 radical (unpaired) electrons. The molecule has 0 unspecified atom stereocenters. The molecule has 1 heterocycles. The second-order valence-corrected chi connectivity index (χ2v) is 7.48. The second-order valence-electron chi connectivity index (χ2n) is 6.45. The molecule has 0 spiro atoms. The molecule has 6 heteroatoms. The molecule has 3 rings (SSSR count). The number of aliphatic imine (C=N–C) groups is 1. The number of carbonyl (C=O) groups is 1. The average Bonchev–Trinajstić information content (AvgIpc) is 3.05. The number of thioether (sulfide) groups is 1. The van der Waals surface area contributed by atoms with Gasteiger partial charge in [-0.25, -0.2) is 4.99 Å². The van der Waals surface area contributed by atoms with Crippen molar-refractivity contribution in [1.29, 1.82) is 0 Å². The van der Waals surface area contributed by atoms with Crippen molar-refractivity contribution in [3.63, 3.8) is 0 Å². The Labute approximate surface area is 175 Å². The Morgan fingerprint density at radius 3 is 2.66 bits per heavy atom. The zero-order valence-corrected chi connectivity index (χ0v) is 17.4. The van der Waals surface area contributed by atoms with Gasteiger partial charge in [0.2, 0.25) is 0 Å². The SMILES string of the molecule is C=CCc1cc(/C=C2\SC(=Nc3ccc(CC)cc3)NC2=O)cc(OCC)c1O. The molecule has 2 aromatic carbocycles. The second kappa shape index (κ2) is 9.47. The van der Waals surface area contributed by atoms with Crippen molar-refractivity contribution >= 4 is 34.6 Å². The number of nitrogens with one attached hydrogen (secondary N) is 1. The normalized spacial score (nSPS) is 16.3. The molecule has 2 N–H and O–H groups in total. The number of carbonyl (C=O) groups excluding carboxylic acids is 1. The fourth-order valence-electron chi connectivity index (χ4n) is 2.90. The van der Waals surface area contributed by atoms with E-state index in [9.17, 15) is 9.90 Å². The lowest BCUT2D eigenvalue weighted by Crippen LogP contribution is -2.19. The quantitative estimate of drug-likeness (QED) is 0.501. The zero-order valence-electron chi connectivity index (χ0n) is 16.6. The number of phenols is 1. The van der Waals surface area contributed by atoms with Crippen molar-refractivity contribution in [2.24, 2.45) is 4.99 Å². The summed E-state index contributed by atoms with van der Waals surface area (Å²) in [6.45, 7) is 8.12. The first kappa shape index (κ1) is 20.7. The van der Waals surface area contributed by atoms with Gasteiger partial charge in [0, 0.05) is 5.56 Å². The molecule has 0 bridgehead atoms. The maximum absolute atomic E-state index is 12.4. The van der Waals surface area contributed by atoms with E-state index in [2.05, 4.69) is 23.8 Å². The summed E-state index contributed by atoms with van der Waals surface area (Å²) in [6, 6.07) is 11.5. The topological polar surface area (TPSA) is 70.9 Å². The third-order valence-corrected chi connectivity index (χ3v) is 5.27. The Morgan fingerprint density at radius 1 is 1.24 bits per heavy atom. The van der Waals surface area contributed by atoms with Gasteiger partial charge in [0.05, 0.1) is 17.2 Å². The van der Waals surface area contributed by atoms with Crippen molar-refractivity contribution in [2.75, 3.05) is 6.61 Å². The van der Waals surface area contributed by atoms with E-state index in [0.29, 0.717) is 34.4 Å². The smallest absolute Gasteiger partial charge is 0.264 e. The number of benzene rings is 2. The molecule has 1 saturated heterocycles. The van der Waals surface area contributed by atoms with Gasteiger partial charge in [-0.1, -0.05) is 25.1 Å². The van der Waals surface area contributed by atoms with Gasteiger partial charge in [0.1, 0.15) is 0 Å². The van der Waals surface area contributed by atoms with Crippen LogP contribution < -0.4 is 10.1 Å². The summed E-state index contributed by atoms with van der Waals surface area (Å²) in [7, 11) is 0. The highest BCUT2D eigenvalue weighted by Crippen LogP contribution is 2.35. The van der Waals surface area contributed by atoms with Gasteiger partial charge in [-0.05, 0) is 73.0 Å². The standard InChI is InChI=1S/C23H24N2O3S/c1-4-7-17-12-16(13-19(21(17)26)28-6-3)14-20-22(27)25-23(29-20)24-18-10-8-15(5-2)9-11-18/h4,8-14,26H,1,5-7H2,2-3H3,(H,24,25,27)/b20-14-. The molecule has 0 aliphatic carbocycles. The number of ether oxygens (including phenoxy) is 1. The number of hydrogen-bond donors (Lipinski definition) is 2. The number of nitrogens with zero attached hydrogens (tertiary/aromatic N) is 1. The number of amidine groups is 1. The van der Waals surface area contributed by atoms with E-state index in [1.807, 2.05) is 37.3 Å². The Kier molecular flexibility index (Phi) is 6.77. The summed E-state index contributed by atoms with van der Waals surface area (Å²) in [4.78, 5) is 17.4. The van der Waals surface area contributed by atoms with Gasteiger partial charge in [0.15, 0.2) is 16.7 Å². The molecule has 1 fully saturated rings. The van der Waals surface area contributed by atoms with Crippen LogP contribution in [-0.4, -0.2) is 22.8 Å². The highest BCUT2D eigenvalue weighted by atomic mass is 32.2. The van der Waals surface area contributed by atoms with Crippen LogP contribution in [0.25, 0.3) is 6.08 Å². The first-order valence-electron chi connectivity index (χ1n) is 9.52. The van der Waals surface area contributed by atoms with Crippen LogP contribution in [0.3, 0.4) is 0 Å². The van der Waals surface area contributed by atoms with E-state index in [-0.39, 0.29) is 11.7 Å². The number of amides is 1. The van der Waals surface area contributed by atoms with Gasteiger partial charge >= 0.3 is 0 Å². The third kappa shape index (κ3) is 5.09. The molecule has 5 nitrogen and oxygen atoms in total. The zero-order chi connectivity index (χ0) is 20.8. The number of allylic oxidation sites excluding steroid dienone is 1. The van der Waals surface area contributed by atoms with E-state index < -0.39 is 0 Å². The average molecular weight is 409 g/mol. The summed E-state index contributed by atoms with van der Waals surface area (Å²) < 4.78 is 5.53. The Bertz CT molecular complexity index is 978. The third-order valence-electron chi connectivity index (χ3n) is 4.36. The van der Waals surface area contributed by atoms with Crippen molar-refractivity contribution in [2.45, 2.75) is 26.7 Å². The first-order valence-corrected chi connectivity index (χ1v) is 10.3. The summed E-state index contributed by atoms with van der Waals surface area (Å²) in [5, 5.41) is 13.7. The number of phenolic OH excluding ortho intramolecular Hbond substituents is 1. The van der Waals surface area contributed by atoms with Crippen LogP contribution in [0.4, 0.5) is 5.69 Å². The van der Waals surface area contributed by atoms with Crippen LogP contribution in [0.2, 0.25) is 0 Å². The van der Waals surface area contributed by atoms with E-state index in [0.717, 1.165) is 17.7 Å². The van der Waals surface area contributed by atoms with Crippen molar-refractivity contribution in [3.8, 4) is 11.5 Å². The van der Waals surface area contributed by atoms with Crippen molar-refractivity contribution < 1.29 is 14.6 Å². The van der Waals surface area contributed by atoms with Crippen LogP contribution >= 0.6 is 11.8 Å². The largest absolute Gasteiger partial charge is 0.504 e. The van der Waals surface area contributed by atoms with E-state index >= 15 is 0 Å². The summed E-state index contributed by atoms with van der Waals surface area (Å²) >= 11 is 1.29. The van der Waals surface area contributed by atoms with Crippen LogP contribution in [0.5, 0.6) is 11.5 Å². The van der Waals surface area contributed by atoms with Crippen molar-refractivity contribution in [1.82, 2.24) is 5.32 Å². The minimum atomic E-state index is -0.199. The molecular weight excluding hydrogens is 384 g/mol. The lowest BCUT2D eigenvalue weighted by molar-refractivity contribution is -0.115. The number of aryl methyl sites for hydroxylation is 1. The molecule has 150 valence electrons. The number of aromatic hydroxyl groups is 1. The Morgan fingerprint density at radius 2 is 2.00 bits per heavy atom. The fraction of sp³-hybridized carbons (Fsp3) is 0.217. The molecule has 0 saturated carbocycles.